The fourth-order valence-electron chi connectivity index (χ4n) is 3.00. The largest absolute Gasteiger partial charge is 0.317 e. The summed E-state index contributed by atoms with van der Waals surface area (Å²) in [6.45, 7) is 2.75. The maximum absolute atomic E-state index is 12.7. The van der Waals surface area contributed by atoms with Gasteiger partial charge in [-0.3, -0.25) is 4.79 Å². The molecule has 0 aliphatic rings. The zero-order valence-corrected chi connectivity index (χ0v) is 16.2. The summed E-state index contributed by atoms with van der Waals surface area (Å²) in [6, 6.07) is 17.2. The van der Waals surface area contributed by atoms with Gasteiger partial charge in [0.15, 0.2) is 4.80 Å². The molecular formula is C20H14Cl2N2OS. The Morgan fingerprint density at radius 1 is 1.12 bits per heavy atom. The Morgan fingerprint density at radius 2 is 1.92 bits per heavy atom. The number of thiazole rings is 1. The fourth-order valence-corrected chi connectivity index (χ4v) is 4.60. The highest BCUT2D eigenvalue weighted by Crippen LogP contribution is 2.28. The van der Waals surface area contributed by atoms with E-state index in [0.29, 0.717) is 27.0 Å². The lowest BCUT2D eigenvalue weighted by atomic mass is 10.1. The van der Waals surface area contributed by atoms with Gasteiger partial charge in [-0.25, -0.2) is 0 Å². The molecule has 6 heteroatoms. The summed E-state index contributed by atoms with van der Waals surface area (Å²) in [5, 5.41) is 3.13. The highest BCUT2D eigenvalue weighted by atomic mass is 35.5. The van der Waals surface area contributed by atoms with Crippen molar-refractivity contribution < 1.29 is 4.79 Å². The molecule has 1 amide bonds. The van der Waals surface area contributed by atoms with Crippen molar-refractivity contribution >= 4 is 61.4 Å². The number of halogens is 2. The van der Waals surface area contributed by atoms with Crippen LogP contribution < -0.4 is 4.80 Å². The molecule has 3 aromatic carbocycles. The van der Waals surface area contributed by atoms with E-state index in [4.69, 9.17) is 23.2 Å². The average molecular weight is 401 g/mol. The number of carbonyl (C=O) groups is 1. The maximum atomic E-state index is 12.7. The van der Waals surface area contributed by atoms with Crippen LogP contribution in [0.4, 0.5) is 0 Å². The molecule has 4 aromatic rings. The second kappa shape index (κ2) is 6.88. The zero-order chi connectivity index (χ0) is 18.3. The number of hydrogen-bond donors (Lipinski definition) is 0. The number of aryl methyl sites for hydroxylation is 1. The van der Waals surface area contributed by atoms with E-state index >= 15 is 0 Å². The highest BCUT2D eigenvalue weighted by Gasteiger charge is 2.13. The van der Waals surface area contributed by atoms with Crippen molar-refractivity contribution in [2.24, 2.45) is 4.99 Å². The Labute approximate surface area is 164 Å². The molecule has 0 unspecified atom stereocenters. The lowest BCUT2D eigenvalue weighted by Gasteiger charge is -2.03. The molecule has 1 heterocycles. The summed E-state index contributed by atoms with van der Waals surface area (Å²) in [7, 11) is 0. The van der Waals surface area contributed by atoms with Gasteiger partial charge in [-0.05, 0) is 36.6 Å². The average Bonchev–Trinajstić information content (AvgIpc) is 3.01. The first-order valence-corrected chi connectivity index (χ1v) is 9.71. The smallest absolute Gasteiger partial charge is 0.281 e. The number of aromatic nitrogens is 1. The number of hydrogen-bond acceptors (Lipinski definition) is 2. The molecule has 0 spiro atoms. The molecule has 0 atom stereocenters. The molecule has 0 saturated carbocycles. The van der Waals surface area contributed by atoms with E-state index in [-0.39, 0.29) is 0 Å². The van der Waals surface area contributed by atoms with Gasteiger partial charge in [-0.1, -0.05) is 64.9 Å². The first kappa shape index (κ1) is 17.3. The number of rotatable bonds is 2. The molecule has 0 N–H and O–H groups in total. The van der Waals surface area contributed by atoms with Gasteiger partial charge in [0.05, 0.1) is 20.8 Å². The number of carbonyl (C=O) groups excluding carboxylic acids is 1. The van der Waals surface area contributed by atoms with E-state index in [1.165, 1.54) is 16.7 Å². The Bertz CT molecular complexity index is 1220. The van der Waals surface area contributed by atoms with Crippen molar-refractivity contribution in [1.29, 1.82) is 0 Å². The number of amides is 1. The number of benzene rings is 3. The molecule has 0 fully saturated rings. The van der Waals surface area contributed by atoms with Gasteiger partial charge in [-0.2, -0.15) is 4.99 Å². The van der Waals surface area contributed by atoms with E-state index in [1.807, 2.05) is 23.6 Å². The van der Waals surface area contributed by atoms with Crippen molar-refractivity contribution in [3.8, 4) is 0 Å². The van der Waals surface area contributed by atoms with Crippen molar-refractivity contribution in [2.45, 2.75) is 13.5 Å². The van der Waals surface area contributed by atoms with Gasteiger partial charge >= 0.3 is 0 Å². The Hall–Kier alpha value is -2.14. The molecule has 0 aliphatic carbocycles. The van der Waals surface area contributed by atoms with Crippen LogP contribution in [0.15, 0.2) is 59.6 Å². The van der Waals surface area contributed by atoms with E-state index < -0.39 is 5.91 Å². The first-order chi connectivity index (χ1) is 12.6. The minimum atomic E-state index is -0.393. The van der Waals surface area contributed by atoms with Crippen LogP contribution >= 0.6 is 34.5 Å². The summed E-state index contributed by atoms with van der Waals surface area (Å²) in [5.74, 6) is -0.393. The predicted molar refractivity (Wildman–Crippen MR) is 109 cm³/mol. The lowest BCUT2D eigenvalue weighted by Crippen LogP contribution is -2.16. The van der Waals surface area contributed by atoms with Crippen LogP contribution in [0.25, 0.3) is 21.0 Å². The van der Waals surface area contributed by atoms with Gasteiger partial charge in [-0.15, -0.1) is 0 Å². The summed E-state index contributed by atoms with van der Waals surface area (Å²) in [4.78, 5) is 17.7. The Balaban J connectivity index is 1.96. The summed E-state index contributed by atoms with van der Waals surface area (Å²) in [6.07, 6.45) is 0. The predicted octanol–water partition coefficient (Wildman–Crippen LogP) is 5.92. The fraction of sp³-hybridized carbons (Fsp3) is 0.100. The molecule has 130 valence electrons. The first-order valence-electron chi connectivity index (χ1n) is 8.13. The van der Waals surface area contributed by atoms with Crippen molar-refractivity contribution in [1.82, 2.24) is 4.57 Å². The topological polar surface area (TPSA) is 34.4 Å². The lowest BCUT2D eigenvalue weighted by molar-refractivity contribution is 0.0998. The van der Waals surface area contributed by atoms with E-state index in [2.05, 4.69) is 29.3 Å². The molecule has 0 bridgehead atoms. The van der Waals surface area contributed by atoms with Crippen LogP contribution in [-0.4, -0.2) is 10.5 Å². The maximum Gasteiger partial charge on any atom is 0.281 e. The molecule has 3 nitrogen and oxygen atoms in total. The second-order valence-corrected chi connectivity index (χ2v) is 7.63. The van der Waals surface area contributed by atoms with Crippen LogP contribution in [0.2, 0.25) is 10.0 Å². The van der Waals surface area contributed by atoms with Gasteiger partial charge in [0, 0.05) is 17.0 Å². The van der Waals surface area contributed by atoms with Crippen LogP contribution in [0.1, 0.15) is 17.3 Å². The standard InChI is InChI=1S/C20H14Cl2N2OS/c1-2-24-17-10-7-12-5-3-4-6-14(12)18(17)26-20(24)23-19(25)15-11-13(21)8-9-16(15)22/h3-11H,2H2,1H3. The highest BCUT2D eigenvalue weighted by molar-refractivity contribution is 7.17. The monoisotopic (exact) mass is 400 g/mol. The number of fused-ring (bicyclic) bond motifs is 3. The van der Waals surface area contributed by atoms with E-state index in [9.17, 15) is 4.79 Å². The van der Waals surface area contributed by atoms with Gasteiger partial charge in [0.2, 0.25) is 0 Å². The van der Waals surface area contributed by atoms with Crippen LogP contribution in [0, 0.1) is 0 Å². The van der Waals surface area contributed by atoms with E-state index in [1.54, 1.807) is 18.2 Å². The molecule has 0 radical (unpaired) electrons. The molecule has 4 rings (SSSR count). The van der Waals surface area contributed by atoms with Gasteiger partial charge in [0.1, 0.15) is 0 Å². The third-order valence-corrected chi connectivity index (χ3v) is 5.94. The van der Waals surface area contributed by atoms with Crippen LogP contribution in [0.5, 0.6) is 0 Å². The van der Waals surface area contributed by atoms with Crippen LogP contribution in [0.3, 0.4) is 0 Å². The zero-order valence-electron chi connectivity index (χ0n) is 13.9. The minimum absolute atomic E-state index is 0.309. The normalized spacial score (nSPS) is 12.2. The van der Waals surface area contributed by atoms with Crippen molar-refractivity contribution in [3.63, 3.8) is 0 Å². The molecule has 0 aliphatic heterocycles. The summed E-state index contributed by atoms with van der Waals surface area (Å²) < 4.78 is 3.16. The van der Waals surface area contributed by atoms with Crippen molar-refractivity contribution in [2.75, 3.05) is 0 Å². The second-order valence-electron chi connectivity index (χ2n) is 5.80. The van der Waals surface area contributed by atoms with Gasteiger partial charge < -0.3 is 4.57 Å². The molecule has 26 heavy (non-hydrogen) atoms. The third-order valence-electron chi connectivity index (χ3n) is 4.25. The SMILES string of the molecule is CCn1c(=NC(=O)c2cc(Cl)ccc2Cl)sc2c3ccccc3ccc21. The van der Waals surface area contributed by atoms with E-state index in [0.717, 1.165) is 15.6 Å². The molecule has 1 aromatic heterocycles. The summed E-state index contributed by atoms with van der Waals surface area (Å²) >= 11 is 13.7. The quantitative estimate of drug-likeness (QED) is 0.410. The number of nitrogens with zero attached hydrogens (tertiary/aromatic N) is 2. The van der Waals surface area contributed by atoms with Crippen LogP contribution in [-0.2, 0) is 6.54 Å². The third kappa shape index (κ3) is 2.94. The molecule has 0 saturated heterocycles. The summed E-state index contributed by atoms with van der Waals surface area (Å²) in [5.41, 5.74) is 1.38. The molecular weight excluding hydrogens is 387 g/mol. The minimum Gasteiger partial charge on any atom is -0.317 e. The van der Waals surface area contributed by atoms with Crippen molar-refractivity contribution in [3.05, 3.63) is 75.0 Å². The Kier molecular flexibility index (Phi) is 4.57. The van der Waals surface area contributed by atoms with Gasteiger partial charge in [0.25, 0.3) is 5.91 Å². The Morgan fingerprint density at radius 3 is 2.73 bits per heavy atom.